The van der Waals surface area contributed by atoms with Crippen LogP contribution in [0.1, 0.15) is 11.1 Å². The molecule has 0 unspecified atom stereocenters. The van der Waals surface area contributed by atoms with Crippen LogP contribution in [0.5, 0.6) is 0 Å². The molecule has 0 atom stereocenters. The van der Waals surface area contributed by atoms with Crippen molar-refractivity contribution in [3.63, 3.8) is 0 Å². The molecule has 0 aliphatic heterocycles. The van der Waals surface area contributed by atoms with Gasteiger partial charge in [0.2, 0.25) is 0 Å². The summed E-state index contributed by atoms with van der Waals surface area (Å²) >= 11 is 0.745. The Morgan fingerprint density at radius 3 is 1.44 bits per heavy atom. The van der Waals surface area contributed by atoms with E-state index in [-0.39, 0.29) is 11.6 Å². The average Bonchev–Trinajstić information content (AvgIpc) is 2.38. The molecule has 18 heavy (non-hydrogen) atoms. The van der Waals surface area contributed by atoms with E-state index < -0.39 is 0 Å². The van der Waals surface area contributed by atoms with Crippen molar-refractivity contribution in [2.45, 2.75) is 10.6 Å². The Morgan fingerprint density at radius 1 is 0.667 bits per heavy atom. The molecule has 0 N–H and O–H groups in total. The molecule has 0 heterocycles. The number of benzene rings is 2. The van der Waals surface area contributed by atoms with Crippen LogP contribution in [0.3, 0.4) is 0 Å². The summed E-state index contributed by atoms with van der Waals surface area (Å²) in [5, 5.41) is 1.60. The number of hydrogen-bond donors (Lipinski definition) is 0. The molecule has 94 valence electrons. The van der Waals surface area contributed by atoms with E-state index in [1.54, 1.807) is 12.1 Å². The van der Waals surface area contributed by atoms with Gasteiger partial charge < -0.3 is 0 Å². The molecule has 0 aliphatic rings. The number of halogens is 2. The Bertz CT molecular complexity index is 467. The van der Waals surface area contributed by atoms with Crippen molar-refractivity contribution in [2.24, 2.45) is 0 Å². The second kappa shape index (κ2) is 7.06. The third-order valence-corrected chi connectivity index (χ3v) is 8.96. The van der Waals surface area contributed by atoms with Gasteiger partial charge in [-0.15, -0.1) is 0 Å². The standard InChI is InChI=1S/C14H12F2Se2/c15-13-7-3-1-5-11(13)9-17-18-10-12-6-2-4-8-14(12)16/h1-8H,9-10H2. The minimum atomic E-state index is -0.124. The molecule has 4 heteroatoms. The van der Waals surface area contributed by atoms with Crippen LogP contribution in [0.25, 0.3) is 0 Å². The second-order valence-electron chi connectivity index (χ2n) is 3.71. The van der Waals surface area contributed by atoms with Crippen LogP contribution >= 0.6 is 0 Å². The summed E-state index contributed by atoms with van der Waals surface area (Å²) in [5.74, 6) is -0.248. The van der Waals surface area contributed by atoms with E-state index in [1.807, 2.05) is 24.3 Å². The molecule has 0 bridgehead atoms. The quantitative estimate of drug-likeness (QED) is 0.556. The van der Waals surface area contributed by atoms with Gasteiger partial charge in [-0.05, 0) is 0 Å². The monoisotopic (exact) mass is 378 g/mol. The summed E-state index contributed by atoms with van der Waals surface area (Å²) in [7, 11) is 0. The van der Waals surface area contributed by atoms with Crippen molar-refractivity contribution in [1.82, 2.24) is 0 Å². The summed E-state index contributed by atoms with van der Waals surface area (Å²) in [6, 6.07) is 13.8. The average molecular weight is 376 g/mol. The number of hydrogen-bond acceptors (Lipinski definition) is 0. The van der Waals surface area contributed by atoms with Gasteiger partial charge in [-0.2, -0.15) is 0 Å². The maximum absolute atomic E-state index is 13.4. The van der Waals surface area contributed by atoms with Gasteiger partial charge in [0.15, 0.2) is 0 Å². The van der Waals surface area contributed by atoms with Gasteiger partial charge in [0.05, 0.1) is 0 Å². The Labute approximate surface area is 117 Å². The molecule has 0 nitrogen and oxygen atoms in total. The number of rotatable bonds is 5. The maximum atomic E-state index is 13.4. The van der Waals surface area contributed by atoms with Crippen molar-refractivity contribution >= 4 is 26.3 Å². The predicted molar refractivity (Wildman–Crippen MR) is 71.7 cm³/mol. The van der Waals surface area contributed by atoms with Gasteiger partial charge in [0, 0.05) is 0 Å². The predicted octanol–water partition coefficient (Wildman–Crippen LogP) is 2.99. The van der Waals surface area contributed by atoms with E-state index in [0.717, 1.165) is 21.8 Å². The van der Waals surface area contributed by atoms with E-state index in [2.05, 4.69) is 0 Å². The molecular formula is C14H12F2Se2. The van der Waals surface area contributed by atoms with Crippen molar-refractivity contribution in [2.75, 3.05) is 0 Å². The third-order valence-electron chi connectivity index (χ3n) is 2.43. The van der Waals surface area contributed by atoms with E-state index in [9.17, 15) is 8.78 Å². The van der Waals surface area contributed by atoms with Gasteiger partial charge in [-0.1, -0.05) is 0 Å². The van der Waals surface area contributed by atoms with Crippen molar-refractivity contribution in [1.29, 1.82) is 0 Å². The van der Waals surface area contributed by atoms with Crippen LogP contribution in [0.15, 0.2) is 48.5 Å². The van der Waals surface area contributed by atoms with Crippen LogP contribution in [0.2, 0.25) is 0 Å². The molecule has 0 aliphatic carbocycles. The zero-order chi connectivity index (χ0) is 12.8. The topological polar surface area (TPSA) is 0 Å². The Morgan fingerprint density at radius 2 is 1.06 bits per heavy atom. The molecule has 0 spiro atoms. The van der Waals surface area contributed by atoms with Crippen molar-refractivity contribution in [3.05, 3.63) is 71.3 Å². The summed E-state index contributed by atoms with van der Waals surface area (Å²) in [6.07, 6.45) is 0. The fraction of sp³-hybridized carbons (Fsp3) is 0.143. The molecule has 2 aromatic carbocycles. The summed E-state index contributed by atoms with van der Waals surface area (Å²) < 4.78 is 26.7. The first-order chi connectivity index (χ1) is 8.77. The van der Waals surface area contributed by atoms with Gasteiger partial charge in [-0.3, -0.25) is 0 Å². The van der Waals surface area contributed by atoms with Gasteiger partial charge in [0.1, 0.15) is 0 Å². The Balaban J connectivity index is 1.80. The summed E-state index contributed by atoms with van der Waals surface area (Å²) in [4.78, 5) is 0. The van der Waals surface area contributed by atoms with Crippen LogP contribution in [-0.4, -0.2) is 26.3 Å². The molecular weight excluding hydrogens is 364 g/mol. The normalized spacial score (nSPS) is 10.6. The van der Waals surface area contributed by atoms with Crippen LogP contribution in [-0.2, 0) is 10.6 Å². The molecule has 0 saturated heterocycles. The van der Waals surface area contributed by atoms with Gasteiger partial charge in [0.25, 0.3) is 0 Å². The molecule has 0 aromatic heterocycles. The third kappa shape index (κ3) is 3.93. The molecule has 0 amide bonds. The van der Waals surface area contributed by atoms with E-state index in [4.69, 9.17) is 0 Å². The Kier molecular flexibility index (Phi) is 5.40. The van der Waals surface area contributed by atoms with Crippen LogP contribution in [0.4, 0.5) is 8.78 Å². The first-order valence-electron chi connectivity index (χ1n) is 5.48. The molecule has 0 fully saturated rings. The molecule has 2 aromatic rings. The Hall–Kier alpha value is -0.661. The molecule has 2 rings (SSSR count). The summed E-state index contributed by atoms with van der Waals surface area (Å²) in [5.41, 5.74) is 1.57. The van der Waals surface area contributed by atoms with E-state index in [1.165, 1.54) is 12.1 Å². The fourth-order valence-electron chi connectivity index (χ4n) is 1.44. The van der Waals surface area contributed by atoms with Gasteiger partial charge >= 0.3 is 117 Å². The van der Waals surface area contributed by atoms with Crippen LogP contribution < -0.4 is 0 Å². The first kappa shape index (κ1) is 13.8. The zero-order valence-corrected chi connectivity index (χ0v) is 13.0. The van der Waals surface area contributed by atoms with Crippen molar-refractivity contribution < 1.29 is 8.78 Å². The SMILES string of the molecule is Fc1ccccc1C[Se][Se]Cc1ccccc1F. The van der Waals surface area contributed by atoms with E-state index >= 15 is 0 Å². The first-order valence-corrected chi connectivity index (χ1v) is 12.2. The van der Waals surface area contributed by atoms with Crippen LogP contribution in [0, 0.1) is 11.6 Å². The van der Waals surface area contributed by atoms with E-state index in [0.29, 0.717) is 26.3 Å². The second-order valence-corrected chi connectivity index (χ2v) is 11.0. The molecule has 0 saturated carbocycles. The fourth-order valence-corrected chi connectivity index (χ4v) is 7.89. The summed E-state index contributed by atoms with van der Waals surface area (Å²) in [6.45, 7) is 0. The molecule has 0 radical (unpaired) electrons. The van der Waals surface area contributed by atoms with Crippen molar-refractivity contribution in [3.8, 4) is 0 Å². The van der Waals surface area contributed by atoms with Gasteiger partial charge in [-0.25, -0.2) is 0 Å². The zero-order valence-electron chi connectivity index (χ0n) is 9.61. The minimum absolute atomic E-state index is 0.124.